The maximum atomic E-state index is 14.3. The zero-order valence-corrected chi connectivity index (χ0v) is 27.9. The molecule has 5 fully saturated rings. The van der Waals surface area contributed by atoms with Crippen molar-refractivity contribution in [2.24, 2.45) is 56.7 Å². The fourth-order valence-electron chi connectivity index (χ4n) is 12.8. The van der Waals surface area contributed by atoms with E-state index in [0.29, 0.717) is 36.1 Å². The van der Waals surface area contributed by atoms with Crippen molar-refractivity contribution in [3.8, 4) is 0 Å². The molecule has 2 unspecified atom stereocenters. The van der Waals surface area contributed by atoms with Crippen LogP contribution in [0, 0.1) is 56.7 Å². The van der Waals surface area contributed by atoms with Crippen LogP contribution in [-0.2, 0) is 20.9 Å². The Morgan fingerprint density at radius 3 is 2.37 bits per heavy atom. The first-order chi connectivity index (χ1) is 20.2. The normalized spacial score (nSPS) is 44.6. The van der Waals surface area contributed by atoms with Crippen LogP contribution in [0.5, 0.6) is 0 Å². The third-order valence-corrected chi connectivity index (χ3v) is 14.9. The van der Waals surface area contributed by atoms with E-state index in [4.69, 9.17) is 4.74 Å². The number of pyridine rings is 1. The quantitative estimate of drug-likeness (QED) is 0.278. The SMILES string of the molecule is C=C(C)[C@@H]1CC[C@]2(C(=O)NCc3cccnc3)CC[C@]3(C)[C@H](CCC4[C@@]5(C)CC[C@H](OC(C)=O)C(C)(C)C5CC[C@]43C)[C@H]12. The molecule has 0 aliphatic heterocycles. The van der Waals surface area contributed by atoms with Gasteiger partial charge in [-0.15, -0.1) is 0 Å². The molecular formula is C38H56N2O3. The van der Waals surface area contributed by atoms with E-state index in [1.807, 2.05) is 18.3 Å². The summed E-state index contributed by atoms with van der Waals surface area (Å²) in [4.78, 5) is 30.6. The van der Waals surface area contributed by atoms with Crippen LogP contribution >= 0.6 is 0 Å². The first-order valence-electron chi connectivity index (χ1n) is 17.2. The minimum absolute atomic E-state index is 0.00893. The van der Waals surface area contributed by atoms with Gasteiger partial charge < -0.3 is 10.1 Å². The largest absolute Gasteiger partial charge is 0.462 e. The lowest BCUT2D eigenvalue weighted by atomic mass is 9.32. The lowest BCUT2D eigenvalue weighted by Crippen LogP contribution is -2.67. The Labute approximate surface area is 260 Å². The predicted octanol–water partition coefficient (Wildman–Crippen LogP) is 8.29. The van der Waals surface area contributed by atoms with Gasteiger partial charge in [-0.05, 0) is 129 Å². The van der Waals surface area contributed by atoms with Crippen molar-refractivity contribution in [2.75, 3.05) is 0 Å². The summed E-state index contributed by atoms with van der Waals surface area (Å²) in [6.07, 6.45) is 14.8. The summed E-state index contributed by atoms with van der Waals surface area (Å²) < 4.78 is 5.94. The fraction of sp³-hybridized carbons (Fsp3) is 0.763. The second-order valence-electron chi connectivity index (χ2n) is 16.8. The number of esters is 1. The molecule has 0 radical (unpaired) electrons. The average Bonchev–Trinajstić information content (AvgIpc) is 3.35. The summed E-state index contributed by atoms with van der Waals surface area (Å²) >= 11 is 0. The molecule has 236 valence electrons. The van der Waals surface area contributed by atoms with Gasteiger partial charge in [-0.1, -0.05) is 52.8 Å². The third-order valence-electron chi connectivity index (χ3n) is 14.9. The van der Waals surface area contributed by atoms with Crippen molar-refractivity contribution < 1.29 is 14.3 Å². The molecule has 43 heavy (non-hydrogen) atoms. The number of rotatable bonds is 5. The molecule has 6 rings (SSSR count). The van der Waals surface area contributed by atoms with Gasteiger partial charge in [0.1, 0.15) is 6.10 Å². The zero-order chi connectivity index (χ0) is 31.0. The van der Waals surface area contributed by atoms with Crippen molar-refractivity contribution in [1.82, 2.24) is 10.3 Å². The van der Waals surface area contributed by atoms with Crippen LogP contribution in [0.1, 0.15) is 118 Å². The van der Waals surface area contributed by atoms with Crippen molar-refractivity contribution >= 4 is 11.9 Å². The number of hydrogen-bond donors (Lipinski definition) is 1. The van der Waals surface area contributed by atoms with E-state index in [-0.39, 0.29) is 45.1 Å². The van der Waals surface area contributed by atoms with Gasteiger partial charge in [-0.2, -0.15) is 0 Å². The summed E-state index contributed by atoms with van der Waals surface area (Å²) in [6.45, 7) is 21.4. The Bertz CT molecular complexity index is 1270. The van der Waals surface area contributed by atoms with Gasteiger partial charge in [0.2, 0.25) is 5.91 Å². The summed E-state index contributed by atoms with van der Waals surface area (Å²) in [7, 11) is 0. The monoisotopic (exact) mass is 588 g/mol. The number of ether oxygens (including phenoxy) is 1. The van der Waals surface area contributed by atoms with E-state index in [9.17, 15) is 9.59 Å². The molecule has 1 aromatic heterocycles. The third kappa shape index (κ3) is 4.40. The van der Waals surface area contributed by atoms with E-state index >= 15 is 0 Å². The van der Waals surface area contributed by atoms with Crippen LogP contribution in [0.2, 0.25) is 0 Å². The van der Waals surface area contributed by atoms with Crippen LogP contribution < -0.4 is 5.32 Å². The molecule has 0 spiro atoms. The first kappa shape index (κ1) is 30.8. The minimum Gasteiger partial charge on any atom is -0.462 e. The van der Waals surface area contributed by atoms with Crippen LogP contribution in [0.15, 0.2) is 36.7 Å². The van der Waals surface area contributed by atoms with Gasteiger partial charge in [-0.3, -0.25) is 14.6 Å². The molecule has 5 aliphatic carbocycles. The van der Waals surface area contributed by atoms with Crippen molar-refractivity contribution in [3.63, 3.8) is 0 Å². The standard InChI is InChI=1S/C38H56N2O3/c1-24(2)27-13-18-38(33(42)40-23-26-10-9-21-39-22-26)20-19-36(7)28(32(27)38)11-12-30-35(6)16-15-31(43-25(3)41)34(4,5)29(35)14-17-37(30,36)8/h9-10,21-22,27-32H,1,11-20,23H2,2-8H3,(H,40,42)/t27-,28+,29?,30?,31-,32-,35-,36+,37+,38-/m0/s1. The maximum Gasteiger partial charge on any atom is 0.302 e. The number of amides is 1. The highest BCUT2D eigenvalue weighted by Gasteiger charge is 2.72. The van der Waals surface area contributed by atoms with Crippen LogP contribution in [0.4, 0.5) is 0 Å². The predicted molar refractivity (Wildman–Crippen MR) is 171 cm³/mol. The van der Waals surface area contributed by atoms with Gasteiger partial charge in [0.25, 0.3) is 0 Å². The van der Waals surface area contributed by atoms with Crippen molar-refractivity contribution in [1.29, 1.82) is 0 Å². The highest BCUT2D eigenvalue weighted by atomic mass is 16.5. The summed E-state index contributed by atoms with van der Waals surface area (Å²) in [6, 6.07) is 3.99. The first-order valence-corrected chi connectivity index (χ1v) is 17.2. The Balaban J connectivity index is 1.31. The minimum atomic E-state index is -0.301. The van der Waals surface area contributed by atoms with E-state index < -0.39 is 0 Å². The molecule has 1 aromatic rings. The second kappa shape index (κ2) is 10.4. The molecular weight excluding hydrogens is 532 g/mol. The second-order valence-corrected chi connectivity index (χ2v) is 16.8. The Kier molecular flexibility index (Phi) is 7.49. The summed E-state index contributed by atoms with van der Waals surface area (Å²) in [5.74, 6) is 2.62. The molecule has 5 heteroatoms. The highest BCUT2D eigenvalue weighted by Crippen LogP contribution is 2.77. The van der Waals surface area contributed by atoms with Gasteiger partial charge in [-0.25, -0.2) is 0 Å². The lowest BCUT2D eigenvalue weighted by Gasteiger charge is -2.72. The molecule has 1 heterocycles. The van der Waals surface area contributed by atoms with E-state index in [2.05, 4.69) is 58.4 Å². The molecule has 0 aromatic carbocycles. The Hall–Kier alpha value is -2.17. The maximum absolute atomic E-state index is 14.3. The van der Waals surface area contributed by atoms with Gasteiger partial charge in [0, 0.05) is 31.3 Å². The molecule has 5 saturated carbocycles. The van der Waals surface area contributed by atoms with E-state index in [0.717, 1.165) is 44.1 Å². The zero-order valence-electron chi connectivity index (χ0n) is 27.9. The van der Waals surface area contributed by atoms with E-state index in [1.54, 1.807) is 13.1 Å². The Morgan fingerprint density at radius 2 is 1.70 bits per heavy atom. The summed E-state index contributed by atoms with van der Waals surface area (Å²) in [5, 5.41) is 3.39. The van der Waals surface area contributed by atoms with Gasteiger partial charge in [0.05, 0.1) is 5.41 Å². The van der Waals surface area contributed by atoms with Crippen molar-refractivity contribution in [3.05, 3.63) is 42.2 Å². The number of carbonyl (C=O) groups excluding carboxylic acids is 2. The molecule has 5 nitrogen and oxygen atoms in total. The average molecular weight is 589 g/mol. The molecule has 0 saturated heterocycles. The fourth-order valence-corrected chi connectivity index (χ4v) is 12.8. The lowest BCUT2D eigenvalue weighted by molar-refractivity contribution is -0.248. The van der Waals surface area contributed by atoms with Crippen LogP contribution in [0.25, 0.3) is 0 Å². The number of nitrogens with zero attached hydrogens (tertiary/aromatic N) is 1. The number of nitrogens with one attached hydrogen (secondary N) is 1. The molecule has 5 aliphatic rings. The number of carbonyl (C=O) groups is 2. The topological polar surface area (TPSA) is 68.3 Å². The molecule has 1 amide bonds. The van der Waals surface area contributed by atoms with E-state index in [1.165, 1.54) is 31.3 Å². The molecule has 10 atom stereocenters. The van der Waals surface area contributed by atoms with Gasteiger partial charge >= 0.3 is 5.97 Å². The molecule has 0 bridgehead atoms. The van der Waals surface area contributed by atoms with Gasteiger partial charge in [0.15, 0.2) is 0 Å². The summed E-state index contributed by atoms with van der Waals surface area (Å²) in [5.41, 5.74) is 2.66. The molecule has 1 N–H and O–H groups in total. The van der Waals surface area contributed by atoms with Crippen molar-refractivity contribution in [2.45, 2.75) is 125 Å². The van der Waals surface area contributed by atoms with Crippen LogP contribution in [0.3, 0.4) is 0 Å². The van der Waals surface area contributed by atoms with Crippen LogP contribution in [-0.4, -0.2) is 23.0 Å². The number of aromatic nitrogens is 1. The number of fused-ring (bicyclic) bond motifs is 7. The number of hydrogen-bond acceptors (Lipinski definition) is 4. The number of allylic oxidation sites excluding steroid dienone is 1. The smallest absolute Gasteiger partial charge is 0.302 e. The Morgan fingerprint density at radius 1 is 0.930 bits per heavy atom. The highest BCUT2D eigenvalue weighted by molar-refractivity contribution is 5.84.